The molecule has 0 aliphatic rings. The molecule has 34 heavy (non-hydrogen) atoms. The molecule has 4 aromatic rings. The quantitative estimate of drug-likeness (QED) is 0.239. The lowest BCUT2D eigenvalue weighted by Crippen LogP contribution is -2.24. The summed E-state index contributed by atoms with van der Waals surface area (Å²) < 4.78 is 8.15. The van der Waals surface area contributed by atoms with E-state index in [4.69, 9.17) is 32.9 Å². The zero-order valence-corrected chi connectivity index (χ0v) is 20.4. The van der Waals surface area contributed by atoms with Crippen LogP contribution >= 0.6 is 23.2 Å². The molecule has 0 saturated carbocycles. The van der Waals surface area contributed by atoms with E-state index in [-0.39, 0.29) is 5.91 Å². The molecule has 5 nitrogen and oxygen atoms in total. The number of imidazole rings is 1. The summed E-state index contributed by atoms with van der Waals surface area (Å²) in [6.07, 6.45) is 3.78. The molecule has 4 rings (SSSR count). The van der Waals surface area contributed by atoms with Crippen molar-refractivity contribution in [2.24, 2.45) is 0 Å². The van der Waals surface area contributed by atoms with Crippen LogP contribution in [0.3, 0.4) is 0 Å². The molecule has 0 radical (unpaired) electrons. The van der Waals surface area contributed by atoms with Gasteiger partial charge in [-0.25, -0.2) is 4.98 Å². The Kier molecular flexibility index (Phi) is 8.45. The minimum absolute atomic E-state index is 0.0926. The van der Waals surface area contributed by atoms with Crippen LogP contribution in [-0.2, 0) is 13.0 Å². The first-order valence-corrected chi connectivity index (χ1v) is 12.2. The predicted molar refractivity (Wildman–Crippen MR) is 138 cm³/mol. The molecule has 1 amide bonds. The zero-order valence-electron chi connectivity index (χ0n) is 18.8. The Balaban J connectivity index is 1.26. The number of benzene rings is 3. The van der Waals surface area contributed by atoms with Crippen LogP contribution in [0.5, 0.6) is 5.75 Å². The van der Waals surface area contributed by atoms with Crippen LogP contribution in [0.15, 0.2) is 72.8 Å². The van der Waals surface area contributed by atoms with Crippen molar-refractivity contribution in [1.29, 1.82) is 0 Å². The number of unbranched alkanes of at least 4 members (excludes halogenated alkanes) is 2. The predicted octanol–water partition coefficient (Wildman–Crippen LogP) is 6.56. The fourth-order valence-electron chi connectivity index (χ4n) is 3.87. The number of halogens is 2. The minimum atomic E-state index is -0.0926. The summed E-state index contributed by atoms with van der Waals surface area (Å²) in [5.41, 5.74) is 2.70. The highest BCUT2D eigenvalue weighted by Gasteiger charge is 2.11. The molecule has 0 aliphatic heterocycles. The van der Waals surface area contributed by atoms with Crippen molar-refractivity contribution in [1.82, 2.24) is 14.9 Å². The molecule has 1 heterocycles. The maximum Gasteiger partial charge on any atom is 0.251 e. The number of amides is 1. The van der Waals surface area contributed by atoms with Gasteiger partial charge in [-0.2, -0.15) is 0 Å². The second-order valence-electron chi connectivity index (χ2n) is 8.05. The van der Waals surface area contributed by atoms with Gasteiger partial charge in [0.25, 0.3) is 5.91 Å². The number of aromatic nitrogens is 2. The summed E-state index contributed by atoms with van der Waals surface area (Å²) in [5, 5.41) is 4.22. The van der Waals surface area contributed by atoms with Crippen LogP contribution in [0, 0.1) is 0 Å². The van der Waals surface area contributed by atoms with Crippen molar-refractivity contribution in [2.45, 2.75) is 32.2 Å². The van der Waals surface area contributed by atoms with Gasteiger partial charge in [0.1, 0.15) is 18.2 Å². The Hall–Kier alpha value is -3.02. The molecule has 0 atom stereocenters. The van der Waals surface area contributed by atoms with E-state index in [9.17, 15) is 4.79 Å². The van der Waals surface area contributed by atoms with E-state index in [0.717, 1.165) is 48.3 Å². The maximum absolute atomic E-state index is 12.2. The Morgan fingerprint density at radius 3 is 2.56 bits per heavy atom. The van der Waals surface area contributed by atoms with Crippen LogP contribution in [0.4, 0.5) is 0 Å². The first-order valence-electron chi connectivity index (χ1n) is 11.5. The SMILES string of the molecule is O=C(NCCCCCc1nc2ccccc2n1CCOc1ccc(Cl)cc1)c1cccc(Cl)c1. The van der Waals surface area contributed by atoms with Gasteiger partial charge in [0, 0.05) is 28.6 Å². The zero-order chi connectivity index (χ0) is 23.8. The van der Waals surface area contributed by atoms with Crippen LogP contribution < -0.4 is 10.1 Å². The molecule has 0 saturated heterocycles. The van der Waals surface area contributed by atoms with Crippen LogP contribution in [-0.4, -0.2) is 28.6 Å². The molecule has 7 heteroatoms. The lowest BCUT2D eigenvalue weighted by molar-refractivity contribution is 0.0953. The maximum atomic E-state index is 12.2. The standard InChI is InChI=1S/C27H27Cl2N3O2/c28-21-12-14-23(15-13-21)34-18-17-32-25-10-4-3-9-24(25)31-26(32)11-2-1-5-16-30-27(33)20-7-6-8-22(29)19-20/h3-4,6-10,12-15,19H,1-2,5,11,16-18H2,(H,30,33). The number of carbonyl (C=O) groups excluding carboxylic acids is 1. The van der Waals surface area contributed by atoms with E-state index in [0.29, 0.717) is 35.3 Å². The third kappa shape index (κ3) is 6.52. The van der Waals surface area contributed by atoms with Gasteiger partial charge in [-0.05, 0) is 67.4 Å². The first kappa shape index (κ1) is 24.1. The largest absolute Gasteiger partial charge is 0.492 e. The highest BCUT2D eigenvalue weighted by Crippen LogP contribution is 2.19. The highest BCUT2D eigenvalue weighted by molar-refractivity contribution is 6.31. The number of hydrogen-bond acceptors (Lipinski definition) is 3. The summed E-state index contributed by atoms with van der Waals surface area (Å²) in [7, 11) is 0. The van der Waals surface area contributed by atoms with Crippen LogP contribution in [0.2, 0.25) is 10.0 Å². The van der Waals surface area contributed by atoms with Gasteiger partial charge in [-0.15, -0.1) is 0 Å². The molecule has 0 aliphatic carbocycles. The fraction of sp³-hybridized carbons (Fsp3) is 0.259. The number of nitrogens with zero attached hydrogens (tertiary/aromatic N) is 2. The van der Waals surface area contributed by atoms with E-state index < -0.39 is 0 Å². The molecular formula is C27H27Cl2N3O2. The summed E-state index contributed by atoms with van der Waals surface area (Å²) in [6.45, 7) is 1.90. The Bertz CT molecular complexity index is 1240. The number of carbonyl (C=O) groups is 1. The Morgan fingerprint density at radius 2 is 1.74 bits per heavy atom. The van der Waals surface area contributed by atoms with Gasteiger partial charge in [-0.3, -0.25) is 4.79 Å². The van der Waals surface area contributed by atoms with E-state index in [1.54, 1.807) is 24.3 Å². The number of ether oxygens (including phenoxy) is 1. The van der Waals surface area contributed by atoms with Gasteiger partial charge in [0.05, 0.1) is 17.6 Å². The number of aryl methyl sites for hydroxylation is 1. The first-order chi connectivity index (χ1) is 16.6. The average Bonchev–Trinajstić information content (AvgIpc) is 3.20. The molecule has 0 bridgehead atoms. The molecule has 1 aromatic heterocycles. The van der Waals surface area contributed by atoms with Crippen LogP contribution in [0.25, 0.3) is 11.0 Å². The van der Waals surface area contributed by atoms with Crippen molar-refractivity contribution in [3.63, 3.8) is 0 Å². The Labute approximate surface area is 209 Å². The minimum Gasteiger partial charge on any atom is -0.492 e. The topological polar surface area (TPSA) is 56.2 Å². The summed E-state index contributed by atoms with van der Waals surface area (Å²) in [5.74, 6) is 1.77. The smallest absolute Gasteiger partial charge is 0.251 e. The van der Waals surface area contributed by atoms with E-state index in [1.807, 2.05) is 42.5 Å². The number of rotatable bonds is 11. The van der Waals surface area contributed by atoms with Crippen molar-refractivity contribution in [3.8, 4) is 5.75 Å². The highest BCUT2D eigenvalue weighted by atomic mass is 35.5. The molecular weight excluding hydrogens is 469 g/mol. The summed E-state index contributed by atoms with van der Waals surface area (Å²) >= 11 is 11.9. The van der Waals surface area contributed by atoms with Gasteiger partial charge in [-0.1, -0.05) is 47.8 Å². The normalized spacial score (nSPS) is 11.0. The van der Waals surface area contributed by atoms with Crippen LogP contribution in [0.1, 0.15) is 35.4 Å². The molecule has 0 unspecified atom stereocenters. The lowest BCUT2D eigenvalue weighted by atomic mass is 10.1. The third-order valence-corrected chi connectivity index (χ3v) is 6.07. The van der Waals surface area contributed by atoms with Crippen molar-refractivity contribution in [3.05, 3.63) is 94.2 Å². The number of para-hydroxylation sites is 2. The van der Waals surface area contributed by atoms with Crippen molar-refractivity contribution >= 4 is 40.1 Å². The molecule has 0 fully saturated rings. The fourth-order valence-corrected chi connectivity index (χ4v) is 4.19. The monoisotopic (exact) mass is 495 g/mol. The van der Waals surface area contributed by atoms with Gasteiger partial charge in [0.2, 0.25) is 0 Å². The second kappa shape index (κ2) is 11.9. The van der Waals surface area contributed by atoms with E-state index in [1.165, 1.54) is 0 Å². The van der Waals surface area contributed by atoms with Gasteiger partial charge < -0.3 is 14.6 Å². The summed E-state index contributed by atoms with van der Waals surface area (Å²) in [6, 6.07) is 22.6. The average molecular weight is 496 g/mol. The number of hydrogen-bond donors (Lipinski definition) is 1. The molecule has 176 valence electrons. The van der Waals surface area contributed by atoms with Gasteiger partial charge >= 0.3 is 0 Å². The van der Waals surface area contributed by atoms with E-state index >= 15 is 0 Å². The Morgan fingerprint density at radius 1 is 0.912 bits per heavy atom. The van der Waals surface area contributed by atoms with E-state index in [2.05, 4.69) is 16.0 Å². The number of fused-ring (bicyclic) bond motifs is 1. The number of nitrogens with one attached hydrogen (secondary N) is 1. The summed E-state index contributed by atoms with van der Waals surface area (Å²) in [4.78, 5) is 17.1. The lowest BCUT2D eigenvalue weighted by Gasteiger charge is -2.11. The van der Waals surface area contributed by atoms with Gasteiger partial charge in [0.15, 0.2) is 0 Å². The third-order valence-electron chi connectivity index (χ3n) is 5.58. The van der Waals surface area contributed by atoms with Crippen molar-refractivity contribution in [2.75, 3.05) is 13.2 Å². The molecule has 0 spiro atoms. The van der Waals surface area contributed by atoms with Crippen molar-refractivity contribution < 1.29 is 9.53 Å². The second-order valence-corrected chi connectivity index (χ2v) is 8.92. The molecule has 1 N–H and O–H groups in total. The molecule has 3 aromatic carbocycles.